The van der Waals surface area contributed by atoms with Crippen LogP contribution < -0.4 is 10.2 Å². The minimum absolute atomic E-state index is 0.0000419. The summed E-state index contributed by atoms with van der Waals surface area (Å²) in [5, 5.41) is 12.8. The Morgan fingerprint density at radius 1 is 1.05 bits per heavy atom. The number of nitrogens with zero attached hydrogens (tertiary/aromatic N) is 1. The summed E-state index contributed by atoms with van der Waals surface area (Å²) in [5.41, 5.74) is 2.46. The van der Waals surface area contributed by atoms with Crippen LogP contribution in [0.2, 0.25) is 0 Å². The van der Waals surface area contributed by atoms with E-state index in [4.69, 9.17) is 0 Å². The normalized spacial score (nSPS) is 18.6. The molecular weight excluding hydrogens is 501 g/mol. The number of halogens is 3. The number of carbonyl (C=O) groups excluding carboxylic acids is 1. The lowest BCUT2D eigenvalue weighted by Gasteiger charge is -2.25. The summed E-state index contributed by atoms with van der Waals surface area (Å²) in [5.74, 6) is 0.371. The van der Waals surface area contributed by atoms with Gasteiger partial charge in [-0.1, -0.05) is 24.3 Å². The number of rotatable bonds is 8. The average molecular weight is 531 g/mol. The molecule has 4 rings (SSSR count). The zero-order chi connectivity index (χ0) is 26.6. The molecule has 0 saturated carbocycles. The second-order valence-corrected chi connectivity index (χ2v) is 10.8. The molecule has 1 fully saturated rings. The highest BCUT2D eigenvalue weighted by molar-refractivity contribution is 7.91. The molecule has 0 spiro atoms. The molecular formula is C28H29F3N2O3S. The van der Waals surface area contributed by atoms with Crippen LogP contribution in [-0.2, 0) is 28.6 Å². The summed E-state index contributed by atoms with van der Waals surface area (Å²) in [7, 11) is 0. The number of carbonyl (C=O) groups is 1. The van der Waals surface area contributed by atoms with Crippen molar-refractivity contribution in [2.75, 3.05) is 29.1 Å². The van der Waals surface area contributed by atoms with Crippen molar-refractivity contribution in [3.05, 3.63) is 89.5 Å². The van der Waals surface area contributed by atoms with E-state index in [0.29, 0.717) is 24.4 Å². The summed E-state index contributed by atoms with van der Waals surface area (Å²) in [6.45, 7) is 2.36. The predicted molar refractivity (Wildman–Crippen MR) is 139 cm³/mol. The quantitative estimate of drug-likeness (QED) is 0.384. The lowest BCUT2D eigenvalue weighted by molar-refractivity contribution is -0.137. The van der Waals surface area contributed by atoms with Crippen molar-refractivity contribution in [1.29, 1.82) is 0 Å². The van der Waals surface area contributed by atoms with E-state index in [1.54, 1.807) is 36.4 Å². The third kappa shape index (κ3) is 6.66. The van der Waals surface area contributed by atoms with Crippen molar-refractivity contribution in [1.82, 2.24) is 0 Å². The number of aliphatic hydroxyl groups excluding tert-OH is 1. The van der Waals surface area contributed by atoms with E-state index in [-0.39, 0.29) is 30.9 Å². The van der Waals surface area contributed by atoms with Gasteiger partial charge in [0.05, 0.1) is 24.6 Å². The van der Waals surface area contributed by atoms with E-state index in [9.17, 15) is 27.6 Å². The summed E-state index contributed by atoms with van der Waals surface area (Å²) in [4.78, 5) is 15.3. The first kappa shape index (κ1) is 27.0. The Labute approximate surface area is 217 Å². The molecule has 37 heavy (non-hydrogen) atoms. The number of amides is 1. The van der Waals surface area contributed by atoms with Gasteiger partial charge in [0, 0.05) is 23.8 Å². The van der Waals surface area contributed by atoms with Crippen LogP contribution in [0.5, 0.6) is 0 Å². The van der Waals surface area contributed by atoms with E-state index in [1.807, 2.05) is 19.1 Å². The van der Waals surface area contributed by atoms with Gasteiger partial charge in [-0.3, -0.25) is 4.79 Å². The standard InChI is InChI=1S/C28H29F3N2O3S/c1-2-37(36)26-13-3-19(4-14-26)15-27(35)32-23-9-11-24(12-10-23)33-17-21(16-25(33)18-34)20-5-7-22(8-6-20)28(29,30)31/h3-14,21,25,34H,2,15-18H2,1H3,(H,32,35). The van der Waals surface area contributed by atoms with Gasteiger partial charge < -0.3 is 19.9 Å². The monoisotopic (exact) mass is 530 g/mol. The number of aliphatic hydroxyl groups is 1. The maximum absolute atomic E-state index is 12.9. The first-order valence-corrected chi connectivity index (χ1v) is 13.4. The first-order chi connectivity index (χ1) is 17.7. The van der Waals surface area contributed by atoms with Crippen LogP contribution in [0.25, 0.3) is 0 Å². The van der Waals surface area contributed by atoms with Gasteiger partial charge in [-0.2, -0.15) is 13.2 Å². The molecule has 1 aliphatic heterocycles. The Balaban J connectivity index is 1.37. The topological polar surface area (TPSA) is 75.6 Å². The predicted octanol–water partition coefficient (Wildman–Crippen LogP) is 5.37. The van der Waals surface area contributed by atoms with Gasteiger partial charge in [0.25, 0.3) is 0 Å². The average Bonchev–Trinajstić information content (AvgIpc) is 3.33. The van der Waals surface area contributed by atoms with Crippen molar-refractivity contribution < 1.29 is 27.6 Å². The van der Waals surface area contributed by atoms with E-state index >= 15 is 0 Å². The number of alkyl halides is 3. The SMILES string of the molecule is CC[S+]([O-])c1ccc(CC(=O)Nc2ccc(N3CC(c4ccc(C(F)(F)F)cc4)CC3CO)cc2)cc1. The Bertz CT molecular complexity index is 1190. The number of anilines is 2. The second kappa shape index (κ2) is 11.6. The molecule has 0 radical (unpaired) electrons. The molecule has 0 aromatic heterocycles. The summed E-state index contributed by atoms with van der Waals surface area (Å²) >= 11 is -1.03. The van der Waals surface area contributed by atoms with Gasteiger partial charge in [-0.15, -0.1) is 0 Å². The Morgan fingerprint density at radius 3 is 2.27 bits per heavy atom. The van der Waals surface area contributed by atoms with Crippen LogP contribution in [-0.4, -0.2) is 40.5 Å². The van der Waals surface area contributed by atoms with Crippen LogP contribution in [0.4, 0.5) is 24.5 Å². The van der Waals surface area contributed by atoms with Crippen LogP contribution in [0.1, 0.15) is 36.0 Å². The third-order valence-electron chi connectivity index (χ3n) is 6.63. The van der Waals surface area contributed by atoms with Crippen molar-refractivity contribution >= 4 is 28.5 Å². The summed E-state index contributed by atoms with van der Waals surface area (Å²) < 4.78 is 50.5. The van der Waals surface area contributed by atoms with E-state index in [2.05, 4.69) is 10.2 Å². The Hall–Kier alpha value is -3.01. The highest BCUT2D eigenvalue weighted by atomic mass is 32.2. The smallest absolute Gasteiger partial charge is 0.416 e. The third-order valence-corrected chi connectivity index (χ3v) is 7.95. The first-order valence-electron chi connectivity index (χ1n) is 12.1. The molecule has 3 atom stereocenters. The fourth-order valence-corrected chi connectivity index (χ4v) is 5.42. The molecule has 0 bridgehead atoms. The minimum Gasteiger partial charge on any atom is -0.611 e. The summed E-state index contributed by atoms with van der Waals surface area (Å²) in [6.07, 6.45) is -3.55. The maximum atomic E-state index is 12.9. The molecule has 196 valence electrons. The van der Waals surface area contributed by atoms with Crippen molar-refractivity contribution in [3.63, 3.8) is 0 Å². The highest BCUT2D eigenvalue weighted by Crippen LogP contribution is 2.37. The molecule has 5 nitrogen and oxygen atoms in total. The van der Waals surface area contributed by atoms with Gasteiger partial charge in [0.2, 0.25) is 5.91 Å². The molecule has 3 aromatic carbocycles. The van der Waals surface area contributed by atoms with Crippen molar-refractivity contribution in [2.24, 2.45) is 0 Å². The second-order valence-electron chi connectivity index (χ2n) is 9.09. The van der Waals surface area contributed by atoms with Crippen molar-refractivity contribution in [3.8, 4) is 0 Å². The molecule has 9 heteroatoms. The lowest BCUT2D eigenvalue weighted by atomic mass is 9.95. The molecule has 3 aromatic rings. The molecule has 1 amide bonds. The largest absolute Gasteiger partial charge is 0.611 e. The number of nitrogens with one attached hydrogen (secondary N) is 1. The van der Waals surface area contributed by atoms with Gasteiger partial charge in [0.1, 0.15) is 5.75 Å². The fraction of sp³-hybridized carbons (Fsp3) is 0.321. The number of hydrogen-bond donors (Lipinski definition) is 2. The molecule has 2 N–H and O–H groups in total. The van der Waals surface area contributed by atoms with E-state index < -0.39 is 22.9 Å². The molecule has 1 aliphatic rings. The maximum Gasteiger partial charge on any atom is 0.416 e. The zero-order valence-electron chi connectivity index (χ0n) is 20.4. The van der Waals surface area contributed by atoms with Crippen molar-refractivity contribution in [2.45, 2.75) is 42.8 Å². The summed E-state index contributed by atoms with van der Waals surface area (Å²) in [6, 6.07) is 19.6. The fourth-order valence-electron chi connectivity index (χ4n) is 4.64. The van der Waals surface area contributed by atoms with E-state index in [1.165, 1.54) is 12.1 Å². The van der Waals surface area contributed by atoms with Crippen LogP contribution >= 0.6 is 0 Å². The Morgan fingerprint density at radius 2 is 1.70 bits per heavy atom. The van der Waals surface area contributed by atoms with E-state index in [0.717, 1.165) is 33.8 Å². The molecule has 0 aliphatic carbocycles. The molecule has 1 saturated heterocycles. The zero-order valence-corrected chi connectivity index (χ0v) is 21.2. The Kier molecular flexibility index (Phi) is 8.46. The van der Waals surface area contributed by atoms with Crippen LogP contribution in [0, 0.1) is 0 Å². The van der Waals surface area contributed by atoms with Gasteiger partial charge in [0.15, 0.2) is 4.90 Å². The minimum atomic E-state index is -4.37. The van der Waals surface area contributed by atoms with Crippen LogP contribution in [0.3, 0.4) is 0 Å². The molecule has 1 heterocycles. The number of benzene rings is 3. The lowest BCUT2D eigenvalue weighted by Crippen LogP contribution is -2.32. The van der Waals surface area contributed by atoms with Gasteiger partial charge in [-0.25, -0.2) is 0 Å². The molecule has 3 unspecified atom stereocenters. The van der Waals surface area contributed by atoms with Gasteiger partial charge >= 0.3 is 6.18 Å². The number of hydrogen-bond acceptors (Lipinski definition) is 4. The highest BCUT2D eigenvalue weighted by Gasteiger charge is 2.34. The van der Waals surface area contributed by atoms with Gasteiger partial charge in [-0.05, 0) is 84.2 Å². The van der Waals surface area contributed by atoms with Crippen LogP contribution in [0.15, 0.2) is 77.7 Å².